The van der Waals surface area contributed by atoms with Crippen molar-refractivity contribution in [1.29, 1.82) is 0 Å². The molecule has 3 nitrogen and oxygen atoms in total. The van der Waals surface area contributed by atoms with Gasteiger partial charge in [-0.15, -0.1) is 6.42 Å². The number of hydrogen-bond donors (Lipinski definition) is 1. The molecule has 2 aromatic carbocycles. The maximum Gasteiger partial charge on any atom is 0.181 e. The van der Waals surface area contributed by atoms with Crippen molar-refractivity contribution >= 4 is 17.3 Å². The van der Waals surface area contributed by atoms with E-state index in [9.17, 15) is 0 Å². The minimum Gasteiger partial charge on any atom is -0.493 e. The Kier molecular flexibility index (Phi) is 5.57. The second-order valence-electron chi connectivity index (χ2n) is 4.82. The first-order valence-corrected chi connectivity index (χ1v) is 7.25. The zero-order chi connectivity index (χ0) is 15.9. The van der Waals surface area contributed by atoms with Crippen LogP contribution >= 0.6 is 11.6 Å². The molecular formula is C18H18ClNO2. The van der Waals surface area contributed by atoms with Gasteiger partial charge in [-0.3, -0.25) is 0 Å². The summed E-state index contributed by atoms with van der Waals surface area (Å²) in [5.74, 6) is 3.46. The standard InChI is InChI=1S/C18H18ClNO2/c1-4-9-22-18-16(19)10-14(11-17(18)21-3)12-20-15-7-5-13(2)6-8-15/h1,5-8,10-11,20H,9,12H2,2-3H3. The van der Waals surface area contributed by atoms with E-state index >= 15 is 0 Å². The molecule has 0 heterocycles. The molecule has 0 saturated heterocycles. The third-order valence-electron chi connectivity index (χ3n) is 3.14. The van der Waals surface area contributed by atoms with Gasteiger partial charge in [0.25, 0.3) is 0 Å². The number of methoxy groups -OCH3 is 1. The van der Waals surface area contributed by atoms with Crippen LogP contribution in [0.15, 0.2) is 36.4 Å². The van der Waals surface area contributed by atoms with Gasteiger partial charge in [-0.1, -0.05) is 35.2 Å². The molecule has 0 spiro atoms. The fourth-order valence-corrected chi connectivity index (χ4v) is 2.29. The highest BCUT2D eigenvalue weighted by atomic mass is 35.5. The van der Waals surface area contributed by atoms with Crippen LogP contribution in [0, 0.1) is 19.3 Å². The van der Waals surface area contributed by atoms with E-state index in [-0.39, 0.29) is 6.61 Å². The Balaban J connectivity index is 2.13. The first-order valence-electron chi connectivity index (χ1n) is 6.87. The molecular weight excluding hydrogens is 298 g/mol. The topological polar surface area (TPSA) is 30.5 Å². The van der Waals surface area contributed by atoms with Gasteiger partial charge in [0.15, 0.2) is 11.5 Å². The van der Waals surface area contributed by atoms with Gasteiger partial charge in [0.2, 0.25) is 0 Å². The third kappa shape index (κ3) is 4.09. The quantitative estimate of drug-likeness (QED) is 0.807. The highest BCUT2D eigenvalue weighted by Gasteiger charge is 2.11. The van der Waals surface area contributed by atoms with Crippen LogP contribution < -0.4 is 14.8 Å². The normalized spacial score (nSPS) is 9.91. The molecule has 2 rings (SSSR count). The molecule has 0 aliphatic rings. The maximum atomic E-state index is 6.25. The monoisotopic (exact) mass is 315 g/mol. The third-order valence-corrected chi connectivity index (χ3v) is 3.42. The Bertz CT molecular complexity index is 675. The number of halogens is 1. The molecule has 0 radical (unpaired) electrons. The molecule has 0 aliphatic heterocycles. The van der Waals surface area contributed by atoms with Crippen molar-refractivity contribution in [3.63, 3.8) is 0 Å². The lowest BCUT2D eigenvalue weighted by Gasteiger charge is -2.13. The summed E-state index contributed by atoms with van der Waals surface area (Å²) in [6.07, 6.45) is 5.20. The Morgan fingerprint density at radius 2 is 1.95 bits per heavy atom. The van der Waals surface area contributed by atoms with Crippen LogP contribution in [-0.2, 0) is 6.54 Å². The molecule has 22 heavy (non-hydrogen) atoms. The van der Waals surface area contributed by atoms with Crippen molar-refractivity contribution in [2.45, 2.75) is 13.5 Å². The van der Waals surface area contributed by atoms with Crippen molar-refractivity contribution < 1.29 is 9.47 Å². The van der Waals surface area contributed by atoms with Crippen LogP contribution in [-0.4, -0.2) is 13.7 Å². The zero-order valence-electron chi connectivity index (χ0n) is 12.7. The highest BCUT2D eigenvalue weighted by molar-refractivity contribution is 6.32. The molecule has 114 valence electrons. The predicted octanol–water partition coefficient (Wildman–Crippen LogP) is 4.28. The summed E-state index contributed by atoms with van der Waals surface area (Å²) >= 11 is 6.25. The van der Waals surface area contributed by atoms with Crippen LogP contribution in [0.5, 0.6) is 11.5 Å². The second kappa shape index (κ2) is 7.63. The van der Waals surface area contributed by atoms with Crippen molar-refractivity contribution in [2.24, 2.45) is 0 Å². The lowest BCUT2D eigenvalue weighted by molar-refractivity contribution is 0.331. The van der Waals surface area contributed by atoms with Crippen molar-refractivity contribution in [1.82, 2.24) is 0 Å². The first kappa shape index (κ1) is 16.1. The second-order valence-corrected chi connectivity index (χ2v) is 5.23. The smallest absolute Gasteiger partial charge is 0.181 e. The molecule has 0 atom stereocenters. The number of nitrogens with one attached hydrogen (secondary N) is 1. The number of aryl methyl sites for hydroxylation is 1. The van der Waals surface area contributed by atoms with E-state index in [4.69, 9.17) is 27.5 Å². The Morgan fingerprint density at radius 1 is 1.23 bits per heavy atom. The fourth-order valence-electron chi connectivity index (χ4n) is 2.00. The van der Waals surface area contributed by atoms with E-state index in [2.05, 4.69) is 30.3 Å². The summed E-state index contributed by atoms with van der Waals surface area (Å²) in [5, 5.41) is 3.82. The highest BCUT2D eigenvalue weighted by Crippen LogP contribution is 2.36. The van der Waals surface area contributed by atoms with Crippen LogP contribution in [0.25, 0.3) is 0 Å². The molecule has 0 fully saturated rings. The van der Waals surface area contributed by atoms with Crippen LogP contribution in [0.4, 0.5) is 5.69 Å². The fraction of sp³-hybridized carbons (Fsp3) is 0.222. The zero-order valence-corrected chi connectivity index (χ0v) is 13.4. The summed E-state index contributed by atoms with van der Waals surface area (Å²) in [6, 6.07) is 11.9. The summed E-state index contributed by atoms with van der Waals surface area (Å²) in [4.78, 5) is 0. The van der Waals surface area contributed by atoms with Gasteiger partial charge >= 0.3 is 0 Å². The van der Waals surface area contributed by atoms with Gasteiger partial charge in [-0.25, -0.2) is 0 Å². The molecule has 0 saturated carbocycles. The Hall–Kier alpha value is -2.31. The molecule has 1 N–H and O–H groups in total. The van der Waals surface area contributed by atoms with Crippen LogP contribution in [0.3, 0.4) is 0 Å². The number of terminal acetylenes is 1. The number of rotatable bonds is 6. The molecule has 4 heteroatoms. The predicted molar refractivity (Wildman–Crippen MR) is 90.8 cm³/mol. The summed E-state index contributed by atoms with van der Waals surface area (Å²) in [5.41, 5.74) is 3.27. The number of anilines is 1. The van der Waals surface area contributed by atoms with Gasteiger partial charge in [0.1, 0.15) is 6.61 Å². The van der Waals surface area contributed by atoms with Gasteiger partial charge in [-0.2, -0.15) is 0 Å². The Morgan fingerprint density at radius 3 is 2.59 bits per heavy atom. The largest absolute Gasteiger partial charge is 0.493 e. The van der Waals surface area contributed by atoms with E-state index in [0.717, 1.165) is 11.3 Å². The lowest BCUT2D eigenvalue weighted by Crippen LogP contribution is -2.02. The molecule has 0 unspecified atom stereocenters. The average Bonchev–Trinajstić information content (AvgIpc) is 2.53. The van der Waals surface area contributed by atoms with E-state index < -0.39 is 0 Å². The van der Waals surface area contributed by atoms with Crippen LogP contribution in [0.2, 0.25) is 5.02 Å². The van der Waals surface area contributed by atoms with Gasteiger partial charge in [0, 0.05) is 12.2 Å². The molecule has 0 aliphatic carbocycles. The van der Waals surface area contributed by atoms with Crippen molar-refractivity contribution in [3.05, 3.63) is 52.5 Å². The van der Waals surface area contributed by atoms with Gasteiger partial charge in [0.05, 0.1) is 12.1 Å². The number of hydrogen-bond acceptors (Lipinski definition) is 3. The maximum absolute atomic E-state index is 6.25. The number of benzene rings is 2. The van der Waals surface area contributed by atoms with Crippen LogP contribution in [0.1, 0.15) is 11.1 Å². The SMILES string of the molecule is C#CCOc1c(Cl)cc(CNc2ccc(C)cc2)cc1OC. The van der Waals surface area contributed by atoms with E-state index in [0.29, 0.717) is 23.1 Å². The lowest BCUT2D eigenvalue weighted by atomic mass is 10.2. The van der Waals surface area contributed by atoms with Crippen molar-refractivity contribution in [2.75, 3.05) is 19.0 Å². The van der Waals surface area contributed by atoms with E-state index in [1.165, 1.54) is 5.56 Å². The minimum atomic E-state index is 0.150. The molecule has 0 bridgehead atoms. The number of ether oxygens (including phenoxy) is 2. The van der Waals surface area contributed by atoms with E-state index in [1.54, 1.807) is 7.11 Å². The van der Waals surface area contributed by atoms with Gasteiger partial charge < -0.3 is 14.8 Å². The minimum absolute atomic E-state index is 0.150. The summed E-state index contributed by atoms with van der Waals surface area (Å²) < 4.78 is 10.8. The van der Waals surface area contributed by atoms with Crippen molar-refractivity contribution in [3.8, 4) is 23.8 Å². The summed E-state index contributed by atoms with van der Waals surface area (Å²) in [7, 11) is 1.57. The first-order chi connectivity index (χ1) is 10.6. The Labute approximate surface area is 136 Å². The molecule has 0 amide bonds. The van der Waals surface area contributed by atoms with E-state index in [1.807, 2.05) is 24.3 Å². The average molecular weight is 316 g/mol. The van der Waals surface area contributed by atoms with Gasteiger partial charge in [-0.05, 0) is 36.8 Å². The molecule has 0 aromatic heterocycles. The molecule has 2 aromatic rings. The summed E-state index contributed by atoms with van der Waals surface area (Å²) in [6.45, 7) is 2.84.